The quantitative estimate of drug-likeness (QED) is 0.120. The summed E-state index contributed by atoms with van der Waals surface area (Å²) in [6.07, 6.45) is 0. The van der Waals surface area contributed by atoms with Gasteiger partial charge in [0.15, 0.2) is 0 Å². The van der Waals surface area contributed by atoms with E-state index >= 15 is 0 Å². The van der Waals surface area contributed by atoms with E-state index < -0.39 is 0 Å². The molecule has 10 heteroatoms. The molecule has 9 N–H and O–H groups in total. The SMILES string of the molecule is N=C(N)c1ccc2[nH]c(-c3ccc4c(c3)Sc3cc(-c5nc6cc(C(=N)N)ccc6[nH]5)ccc3N4)nc2c1. The minimum absolute atomic E-state index is 0.0224. The molecule has 0 saturated heterocycles. The Bertz CT molecular complexity index is 1810. The van der Waals surface area contributed by atoms with Gasteiger partial charge in [-0.1, -0.05) is 11.8 Å². The molecule has 6 aromatic rings. The third kappa shape index (κ3) is 3.66. The van der Waals surface area contributed by atoms with Crippen molar-refractivity contribution < 1.29 is 0 Å². The highest BCUT2D eigenvalue weighted by molar-refractivity contribution is 7.99. The maximum absolute atomic E-state index is 7.68. The van der Waals surface area contributed by atoms with Crippen LogP contribution in [0.1, 0.15) is 11.1 Å². The lowest BCUT2D eigenvalue weighted by Crippen LogP contribution is -2.10. The lowest BCUT2D eigenvalue weighted by atomic mass is 10.1. The molecule has 38 heavy (non-hydrogen) atoms. The zero-order valence-electron chi connectivity index (χ0n) is 19.9. The molecule has 0 saturated carbocycles. The first-order chi connectivity index (χ1) is 18.4. The molecule has 3 heterocycles. The minimum atomic E-state index is 0.0224. The van der Waals surface area contributed by atoms with Crippen LogP contribution in [0.2, 0.25) is 0 Å². The highest BCUT2D eigenvalue weighted by Crippen LogP contribution is 2.46. The molecule has 0 bridgehead atoms. The molecule has 0 aliphatic carbocycles. The van der Waals surface area contributed by atoms with Crippen LogP contribution in [0.15, 0.2) is 82.6 Å². The van der Waals surface area contributed by atoms with Gasteiger partial charge in [0.1, 0.15) is 23.3 Å². The van der Waals surface area contributed by atoms with Crippen LogP contribution in [0.3, 0.4) is 0 Å². The number of nitrogens with two attached hydrogens (primary N) is 2. The summed E-state index contributed by atoms with van der Waals surface area (Å²) < 4.78 is 0. The number of H-pyrrole nitrogens is 2. The first kappa shape index (κ1) is 22.1. The largest absolute Gasteiger partial charge is 0.384 e. The molecule has 0 fully saturated rings. The second kappa shape index (κ2) is 8.22. The number of nitrogen functional groups attached to an aromatic ring is 2. The van der Waals surface area contributed by atoms with Crippen molar-refractivity contribution in [2.45, 2.75) is 9.79 Å². The maximum atomic E-state index is 7.68. The summed E-state index contributed by atoms with van der Waals surface area (Å²) >= 11 is 1.69. The lowest BCUT2D eigenvalue weighted by Gasteiger charge is -2.21. The zero-order valence-corrected chi connectivity index (χ0v) is 20.7. The van der Waals surface area contributed by atoms with Gasteiger partial charge in [-0.2, -0.15) is 0 Å². The Balaban J connectivity index is 1.21. The molecule has 4 aromatic carbocycles. The molecule has 1 aliphatic heterocycles. The molecule has 0 radical (unpaired) electrons. The second-order valence-corrected chi connectivity index (χ2v) is 10.2. The monoisotopic (exact) mass is 515 g/mol. The van der Waals surface area contributed by atoms with Crippen molar-refractivity contribution in [2.24, 2.45) is 11.5 Å². The Morgan fingerprint density at radius 1 is 0.632 bits per heavy atom. The van der Waals surface area contributed by atoms with Crippen molar-refractivity contribution in [3.8, 4) is 22.8 Å². The van der Waals surface area contributed by atoms with E-state index in [1.165, 1.54) is 0 Å². The zero-order chi connectivity index (χ0) is 26.0. The fourth-order valence-corrected chi connectivity index (χ4v) is 5.67. The predicted molar refractivity (Wildman–Crippen MR) is 152 cm³/mol. The van der Waals surface area contributed by atoms with Gasteiger partial charge in [-0.05, 0) is 72.8 Å². The molecular weight excluding hydrogens is 494 g/mol. The molecule has 7 rings (SSSR count). The minimum Gasteiger partial charge on any atom is -0.384 e. The highest BCUT2D eigenvalue weighted by Gasteiger charge is 2.19. The molecule has 0 amide bonds. The molecule has 0 atom stereocenters. The van der Waals surface area contributed by atoms with E-state index in [0.717, 1.165) is 66.0 Å². The van der Waals surface area contributed by atoms with E-state index in [4.69, 9.17) is 32.3 Å². The number of amidine groups is 2. The fourth-order valence-electron chi connectivity index (χ4n) is 4.60. The van der Waals surface area contributed by atoms with Crippen LogP contribution >= 0.6 is 11.8 Å². The average Bonchev–Trinajstić information content (AvgIpc) is 3.54. The molecule has 184 valence electrons. The number of aromatic nitrogens is 4. The normalized spacial score (nSPS) is 12.2. The Labute approximate surface area is 220 Å². The number of rotatable bonds is 4. The van der Waals surface area contributed by atoms with E-state index in [1.54, 1.807) is 11.8 Å². The number of hydrogen-bond acceptors (Lipinski definition) is 6. The van der Waals surface area contributed by atoms with E-state index in [1.807, 2.05) is 48.5 Å². The van der Waals surface area contributed by atoms with Gasteiger partial charge in [-0.15, -0.1) is 0 Å². The van der Waals surface area contributed by atoms with Gasteiger partial charge >= 0.3 is 0 Å². The summed E-state index contributed by atoms with van der Waals surface area (Å²) in [6, 6.07) is 23.5. The van der Waals surface area contributed by atoms with Gasteiger partial charge in [0, 0.05) is 32.0 Å². The summed E-state index contributed by atoms with van der Waals surface area (Å²) in [5.74, 6) is 1.56. The molecule has 1 aliphatic rings. The third-order valence-electron chi connectivity index (χ3n) is 6.59. The van der Waals surface area contributed by atoms with Gasteiger partial charge in [0.05, 0.1) is 33.4 Å². The van der Waals surface area contributed by atoms with Gasteiger partial charge in [0.25, 0.3) is 0 Å². The van der Waals surface area contributed by atoms with Crippen molar-refractivity contribution in [1.29, 1.82) is 10.8 Å². The van der Waals surface area contributed by atoms with E-state index in [9.17, 15) is 0 Å². The van der Waals surface area contributed by atoms with E-state index in [0.29, 0.717) is 11.1 Å². The Morgan fingerprint density at radius 2 is 1.11 bits per heavy atom. The standard InChI is InChI=1S/C28H21N9S/c29-25(30)13-1-5-17-21(9-13)36-27(34-17)15-3-7-19-23(11-15)38-24-12-16(4-8-20(24)33-19)28-35-18-6-2-14(26(31)32)10-22(18)37-28/h1-12,33H,(H3,29,30)(H3,31,32)(H,34,36)(H,35,37). The summed E-state index contributed by atoms with van der Waals surface area (Å²) in [7, 11) is 0. The summed E-state index contributed by atoms with van der Waals surface area (Å²) in [5.41, 5.74) is 19.9. The van der Waals surface area contributed by atoms with Crippen molar-refractivity contribution in [3.05, 3.63) is 83.9 Å². The summed E-state index contributed by atoms with van der Waals surface area (Å²) in [4.78, 5) is 18.4. The predicted octanol–water partition coefficient (Wildman–Crippen LogP) is 5.55. The number of benzene rings is 4. The van der Waals surface area contributed by atoms with Crippen LogP contribution in [-0.2, 0) is 0 Å². The maximum Gasteiger partial charge on any atom is 0.138 e. The number of hydrogen-bond donors (Lipinski definition) is 7. The van der Waals surface area contributed by atoms with Crippen LogP contribution in [-0.4, -0.2) is 31.6 Å². The summed E-state index contributed by atoms with van der Waals surface area (Å²) in [6.45, 7) is 0. The van der Waals surface area contributed by atoms with Crippen molar-refractivity contribution in [3.63, 3.8) is 0 Å². The molecule has 2 aromatic heterocycles. The highest BCUT2D eigenvalue weighted by atomic mass is 32.2. The number of aromatic amines is 2. The fraction of sp³-hybridized carbons (Fsp3) is 0. The number of anilines is 2. The molecule has 0 unspecified atom stereocenters. The molecule has 0 spiro atoms. The van der Waals surface area contributed by atoms with Gasteiger partial charge in [-0.3, -0.25) is 10.8 Å². The number of fused-ring (bicyclic) bond motifs is 4. The van der Waals surface area contributed by atoms with Crippen LogP contribution in [0.5, 0.6) is 0 Å². The van der Waals surface area contributed by atoms with Gasteiger partial charge < -0.3 is 26.8 Å². The molecule has 9 nitrogen and oxygen atoms in total. The van der Waals surface area contributed by atoms with E-state index in [-0.39, 0.29) is 11.7 Å². The summed E-state index contributed by atoms with van der Waals surface area (Å²) in [5, 5.41) is 18.9. The van der Waals surface area contributed by atoms with Crippen LogP contribution in [0.25, 0.3) is 44.8 Å². The Morgan fingerprint density at radius 3 is 1.55 bits per heavy atom. The van der Waals surface area contributed by atoms with Crippen molar-refractivity contribution in [2.75, 3.05) is 5.32 Å². The molecular formula is C28H21N9S. The van der Waals surface area contributed by atoms with E-state index in [2.05, 4.69) is 39.6 Å². The van der Waals surface area contributed by atoms with Gasteiger partial charge in [-0.25, -0.2) is 9.97 Å². The average molecular weight is 516 g/mol. The Hall–Kier alpha value is -5.09. The first-order valence-corrected chi connectivity index (χ1v) is 12.6. The number of nitrogens with one attached hydrogen (secondary N) is 5. The van der Waals surface area contributed by atoms with Crippen molar-refractivity contribution >= 4 is 56.9 Å². The topological polar surface area (TPSA) is 169 Å². The van der Waals surface area contributed by atoms with Crippen LogP contribution in [0.4, 0.5) is 11.4 Å². The lowest BCUT2D eigenvalue weighted by molar-refractivity contribution is 1.27. The first-order valence-electron chi connectivity index (χ1n) is 11.8. The van der Waals surface area contributed by atoms with Gasteiger partial charge in [0.2, 0.25) is 0 Å². The third-order valence-corrected chi connectivity index (χ3v) is 7.70. The Kier molecular flexibility index (Phi) is 4.79. The van der Waals surface area contributed by atoms with Crippen LogP contribution < -0.4 is 16.8 Å². The number of nitrogens with zero attached hydrogens (tertiary/aromatic N) is 2. The van der Waals surface area contributed by atoms with Crippen LogP contribution in [0, 0.1) is 10.8 Å². The smallest absolute Gasteiger partial charge is 0.138 e. The van der Waals surface area contributed by atoms with Crippen molar-refractivity contribution in [1.82, 2.24) is 19.9 Å². The second-order valence-electron chi connectivity index (χ2n) is 9.11. The number of imidazole rings is 2.